The first kappa shape index (κ1) is 15.4. The quantitative estimate of drug-likeness (QED) is 0.850. The van der Waals surface area contributed by atoms with Gasteiger partial charge in [0.25, 0.3) is 0 Å². The molecule has 1 N–H and O–H groups in total. The van der Waals surface area contributed by atoms with Crippen molar-refractivity contribution in [2.75, 3.05) is 6.61 Å². The Morgan fingerprint density at radius 3 is 2.65 bits per heavy atom. The molecule has 4 rings (SSSR count). The molecule has 4 aliphatic rings. The van der Waals surface area contributed by atoms with E-state index in [2.05, 4.69) is 0 Å². The SMILES string of the molecule is O=C(O)[C@@H]1C[C@@H]2OCC[C@@H]2N1C(=O)C[C@@H]1CCC[C@H](C2CC2)O1. The summed E-state index contributed by atoms with van der Waals surface area (Å²) in [6.07, 6.45) is 7.27. The smallest absolute Gasteiger partial charge is 0.326 e. The Hall–Kier alpha value is -1.14. The van der Waals surface area contributed by atoms with Crippen LogP contribution >= 0.6 is 0 Å². The Labute approximate surface area is 136 Å². The monoisotopic (exact) mass is 323 g/mol. The maximum absolute atomic E-state index is 12.8. The van der Waals surface area contributed by atoms with Crippen LogP contribution in [0.3, 0.4) is 0 Å². The highest BCUT2D eigenvalue weighted by Gasteiger charge is 2.50. The van der Waals surface area contributed by atoms with E-state index in [0.717, 1.165) is 25.7 Å². The number of hydrogen-bond acceptors (Lipinski definition) is 4. The van der Waals surface area contributed by atoms with E-state index in [1.54, 1.807) is 4.90 Å². The Bertz CT molecular complexity index is 491. The van der Waals surface area contributed by atoms with Gasteiger partial charge in [0.05, 0.1) is 30.8 Å². The molecule has 0 spiro atoms. The molecule has 3 saturated heterocycles. The molecule has 0 unspecified atom stereocenters. The summed E-state index contributed by atoms with van der Waals surface area (Å²) in [5.41, 5.74) is 0. The molecule has 1 saturated carbocycles. The highest BCUT2D eigenvalue weighted by molar-refractivity contribution is 5.85. The van der Waals surface area contributed by atoms with Gasteiger partial charge in [-0.3, -0.25) is 4.79 Å². The van der Waals surface area contributed by atoms with E-state index in [-0.39, 0.29) is 24.2 Å². The Morgan fingerprint density at radius 2 is 1.91 bits per heavy atom. The number of carboxylic acids is 1. The topological polar surface area (TPSA) is 76.1 Å². The molecule has 4 fully saturated rings. The van der Waals surface area contributed by atoms with Crippen LogP contribution in [-0.2, 0) is 19.1 Å². The van der Waals surface area contributed by atoms with Crippen molar-refractivity contribution >= 4 is 11.9 Å². The third-order valence-electron chi connectivity index (χ3n) is 5.83. The van der Waals surface area contributed by atoms with Crippen LogP contribution in [0.15, 0.2) is 0 Å². The molecular weight excluding hydrogens is 298 g/mol. The van der Waals surface area contributed by atoms with Crippen molar-refractivity contribution in [3.63, 3.8) is 0 Å². The predicted octanol–water partition coefficient (Wildman–Crippen LogP) is 1.57. The summed E-state index contributed by atoms with van der Waals surface area (Å²) in [5, 5.41) is 9.44. The summed E-state index contributed by atoms with van der Waals surface area (Å²) in [6, 6.07) is -0.799. The largest absolute Gasteiger partial charge is 0.480 e. The third-order valence-corrected chi connectivity index (χ3v) is 5.83. The van der Waals surface area contributed by atoms with Gasteiger partial charge in [-0.2, -0.15) is 0 Å². The summed E-state index contributed by atoms with van der Waals surface area (Å²) >= 11 is 0. The van der Waals surface area contributed by atoms with Gasteiger partial charge in [-0.1, -0.05) is 0 Å². The zero-order chi connectivity index (χ0) is 16.0. The molecule has 128 valence electrons. The second kappa shape index (κ2) is 6.06. The molecule has 0 aromatic heterocycles. The van der Waals surface area contributed by atoms with E-state index < -0.39 is 12.0 Å². The Kier molecular flexibility index (Phi) is 4.05. The van der Waals surface area contributed by atoms with Gasteiger partial charge in [0.15, 0.2) is 0 Å². The summed E-state index contributed by atoms with van der Waals surface area (Å²) < 4.78 is 11.7. The summed E-state index contributed by atoms with van der Waals surface area (Å²) in [7, 11) is 0. The first-order chi connectivity index (χ1) is 11.1. The van der Waals surface area contributed by atoms with Crippen LogP contribution in [0.25, 0.3) is 0 Å². The predicted molar refractivity (Wildman–Crippen MR) is 80.9 cm³/mol. The molecule has 3 aliphatic heterocycles. The van der Waals surface area contributed by atoms with Crippen molar-refractivity contribution < 1.29 is 24.2 Å². The number of likely N-dealkylation sites (tertiary alicyclic amines) is 1. The van der Waals surface area contributed by atoms with Gasteiger partial charge in [-0.15, -0.1) is 0 Å². The third kappa shape index (κ3) is 2.98. The minimum absolute atomic E-state index is 0.0438. The molecule has 5 atom stereocenters. The molecule has 6 heteroatoms. The van der Waals surface area contributed by atoms with Crippen LogP contribution in [0, 0.1) is 5.92 Å². The van der Waals surface area contributed by atoms with E-state index in [9.17, 15) is 14.7 Å². The molecular formula is C17H25NO5. The molecule has 0 aromatic carbocycles. The van der Waals surface area contributed by atoms with Crippen LogP contribution in [0.2, 0.25) is 0 Å². The number of hydrogen-bond donors (Lipinski definition) is 1. The molecule has 3 heterocycles. The van der Waals surface area contributed by atoms with Gasteiger partial charge in [0.1, 0.15) is 6.04 Å². The fourth-order valence-corrected chi connectivity index (χ4v) is 4.52. The summed E-state index contributed by atoms with van der Waals surface area (Å²) in [6.45, 7) is 0.620. The Morgan fingerprint density at radius 1 is 1.09 bits per heavy atom. The molecule has 0 bridgehead atoms. The lowest BCUT2D eigenvalue weighted by Crippen LogP contribution is -2.47. The number of carbonyl (C=O) groups excluding carboxylic acids is 1. The normalized spacial score (nSPS) is 40.2. The van der Waals surface area contributed by atoms with E-state index in [1.807, 2.05) is 0 Å². The van der Waals surface area contributed by atoms with Crippen molar-refractivity contribution in [2.24, 2.45) is 5.92 Å². The molecule has 1 aliphatic carbocycles. The molecule has 1 amide bonds. The van der Waals surface area contributed by atoms with E-state index in [1.165, 1.54) is 12.8 Å². The summed E-state index contributed by atoms with van der Waals surface area (Å²) in [4.78, 5) is 25.9. The van der Waals surface area contributed by atoms with Crippen LogP contribution in [0.4, 0.5) is 0 Å². The maximum Gasteiger partial charge on any atom is 0.326 e. The Balaban J connectivity index is 1.41. The lowest BCUT2D eigenvalue weighted by atomic mass is 9.98. The van der Waals surface area contributed by atoms with Crippen molar-refractivity contribution in [1.82, 2.24) is 4.90 Å². The van der Waals surface area contributed by atoms with E-state index in [4.69, 9.17) is 9.47 Å². The number of nitrogens with zero attached hydrogens (tertiary/aromatic N) is 1. The van der Waals surface area contributed by atoms with Crippen molar-refractivity contribution in [3.8, 4) is 0 Å². The van der Waals surface area contributed by atoms with Crippen LogP contribution in [0.1, 0.15) is 51.4 Å². The highest BCUT2D eigenvalue weighted by Crippen LogP contribution is 2.40. The van der Waals surface area contributed by atoms with Gasteiger partial charge in [0.2, 0.25) is 5.91 Å². The van der Waals surface area contributed by atoms with Crippen molar-refractivity contribution in [2.45, 2.75) is 81.8 Å². The zero-order valence-corrected chi connectivity index (χ0v) is 13.4. The second-order valence-corrected chi connectivity index (χ2v) is 7.43. The zero-order valence-electron chi connectivity index (χ0n) is 13.4. The maximum atomic E-state index is 12.8. The summed E-state index contributed by atoms with van der Waals surface area (Å²) in [5.74, 6) is -0.298. The minimum Gasteiger partial charge on any atom is -0.480 e. The number of fused-ring (bicyclic) bond motifs is 1. The van der Waals surface area contributed by atoms with Crippen LogP contribution in [0.5, 0.6) is 0 Å². The first-order valence-corrected chi connectivity index (χ1v) is 8.94. The lowest BCUT2D eigenvalue weighted by Gasteiger charge is -2.33. The van der Waals surface area contributed by atoms with Gasteiger partial charge >= 0.3 is 5.97 Å². The fourth-order valence-electron chi connectivity index (χ4n) is 4.52. The van der Waals surface area contributed by atoms with Gasteiger partial charge in [-0.05, 0) is 44.4 Å². The number of carbonyl (C=O) groups is 2. The van der Waals surface area contributed by atoms with Crippen LogP contribution < -0.4 is 0 Å². The molecule has 23 heavy (non-hydrogen) atoms. The first-order valence-electron chi connectivity index (χ1n) is 8.94. The standard InChI is InChI=1S/C17H25NO5/c19-16(8-11-2-1-3-14(23-11)10-4-5-10)18-12-6-7-22-15(12)9-13(18)17(20)21/h10-15H,1-9H2,(H,20,21)/t11-,12-,13-,14+,15-/m0/s1. The van der Waals surface area contributed by atoms with Crippen LogP contribution in [-0.4, -0.2) is 58.9 Å². The number of amides is 1. The van der Waals surface area contributed by atoms with Gasteiger partial charge < -0.3 is 19.5 Å². The molecule has 0 radical (unpaired) electrons. The van der Waals surface area contributed by atoms with E-state index in [0.29, 0.717) is 31.5 Å². The second-order valence-electron chi connectivity index (χ2n) is 7.43. The number of rotatable bonds is 4. The van der Waals surface area contributed by atoms with E-state index >= 15 is 0 Å². The van der Waals surface area contributed by atoms with Gasteiger partial charge in [-0.25, -0.2) is 4.79 Å². The average molecular weight is 323 g/mol. The van der Waals surface area contributed by atoms with Crippen molar-refractivity contribution in [3.05, 3.63) is 0 Å². The lowest BCUT2D eigenvalue weighted by molar-refractivity contribution is -0.152. The van der Waals surface area contributed by atoms with Crippen molar-refractivity contribution in [1.29, 1.82) is 0 Å². The number of carboxylic acid groups (broad SMARTS) is 1. The fraction of sp³-hybridized carbons (Fsp3) is 0.882. The average Bonchev–Trinajstić information content (AvgIpc) is 3.16. The van der Waals surface area contributed by atoms with Gasteiger partial charge in [0, 0.05) is 13.0 Å². The number of aliphatic carboxylic acids is 1. The highest BCUT2D eigenvalue weighted by atomic mass is 16.5. The minimum atomic E-state index is -0.920. The molecule has 0 aromatic rings. The molecule has 6 nitrogen and oxygen atoms in total. The number of ether oxygens (including phenoxy) is 2.